The van der Waals surface area contributed by atoms with Crippen LogP contribution in [0.25, 0.3) is 44.5 Å². The molecule has 2 aliphatic rings. The molecule has 9 heteroatoms. The Bertz CT molecular complexity index is 1670. The number of anilines is 2. The number of piperazine rings is 1. The first-order chi connectivity index (χ1) is 19.6. The van der Waals surface area contributed by atoms with Gasteiger partial charge in [-0.15, -0.1) is 0 Å². The smallest absolute Gasteiger partial charge is 0.181 e. The van der Waals surface area contributed by atoms with Gasteiger partial charge in [-0.3, -0.25) is 15.1 Å². The number of aromatic nitrogens is 6. The number of hydrogen-bond donors (Lipinski definition) is 3. The van der Waals surface area contributed by atoms with Crippen molar-refractivity contribution in [2.45, 2.75) is 32.1 Å². The van der Waals surface area contributed by atoms with Crippen molar-refractivity contribution in [3.05, 3.63) is 61.5 Å². The Balaban J connectivity index is 1.19. The van der Waals surface area contributed by atoms with Crippen LogP contribution in [0.5, 0.6) is 0 Å². The molecule has 1 saturated heterocycles. The van der Waals surface area contributed by atoms with Gasteiger partial charge in [0.25, 0.3) is 0 Å². The predicted octanol–water partition coefficient (Wildman–Crippen LogP) is 5.82. The van der Waals surface area contributed by atoms with Crippen LogP contribution in [0.4, 0.5) is 11.4 Å². The van der Waals surface area contributed by atoms with Crippen LogP contribution in [0.1, 0.15) is 32.1 Å². The molecule has 0 unspecified atom stereocenters. The maximum Gasteiger partial charge on any atom is 0.181 e. The first-order valence-corrected chi connectivity index (χ1v) is 14.3. The minimum absolute atomic E-state index is 0.534. The Hall–Kier alpha value is -4.24. The highest BCUT2D eigenvalue weighted by atomic mass is 15.3. The van der Waals surface area contributed by atoms with Crippen LogP contribution < -0.4 is 10.2 Å². The zero-order chi connectivity index (χ0) is 27.1. The number of nitrogens with one attached hydrogen (secondary N) is 3. The lowest BCUT2D eigenvalue weighted by Gasteiger charge is -2.34. The summed E-state index contributed by atoms with van der Waals surface area (Å²) in [6.45, 7) is 8.42. The summed E-state index contributed by atoms with van der Waals surface area (Å²) < 4.78 is 0. The molecule has 40 heavy (non-hydrogen) atoms. The Kier molecular flexibility index (Phi) is 6.43. The monoisotopic (exact) mass is 533 g/mol. The normalized spacial score (nSPS) is 17.1. The van der Waals surface area contributed by atoms with Gasteiger partial charge in [-0.05, 0) is 44.0 Å². The second kappa shape index (κ2) is 10.4. The minimum Gasteiger partial charge on any atom is -0.367 e. The summed E-state index contributed by atoms with van der Waals surface area (Å²) >= 11 is 0. The average molecular weight is 534 g/mol. The molecule has 0 amide bonds. The summed E-state index contributed by atoms with van der Waals surface area (Å²) in [5.74, 6) is 0.534. The highest BCUT2D eigenvalue weighted by molar-refractivity contribution is 5.99. The van der Waals surface area contributed by atoms with Crippen molar-refractivity contribution in [1.29, 1.82) is 0 Å². The van der Waals surface area contributed by atoms with Crippen molar-refractivity contribution in [3.8, 4) is 22.5 Å². The molecule has 204 valence electrons. The van der Waals surface area contributed by atoms with E-state index in [0.29, 0.717) is 11.6 Å². The van der Waals surface area contributed by atoms with E-state index in [1.165, 1.54) is 43.2 Å². The molecule has 1 aliphatic heterocycles. The third-order valence-electron chi connectivity index (χ3n) is 8.52. The molecule has 3 N–H and O–H groups in total. The minimum atomic E-state index is 0.534. The Morgan fingerprint density at radius 3 is 2.55 bits per heavy atom. The molecular formula is C31H35N9. The molecule has 7 rings (SSSR count). The number of nitrogens with zero attached hydrogens (tertiary/aromatic N) is 6. The number of hydrogen-bond acceptors (Lipinski definition) is 7. The van der Waals surface area contributed by atoms with E-state index in [2.05, 4.69) is 77.1 Å². The predicted molar refractivity (Wildman–Crippen MR) is 161 cm³/mol. The van der Waals surface area contributed by atoms with E-state index in [1.54, 1.807) is 0 Å². The first-order valence-electron chi connectivity index (χ1n) is 14.3. The van der Waals surface area contributed by atoms with Crippen LogP contribution >= 0.6 is 0 Å². The fourth-order valence-corrected chi connectivity index (χ4v) is 6.14. The molecule has 6 heterocycles. The second-order valence-corrected chi connectivity index (χ2v) is 11.2. The second-order valence-electron chi connectivity index (χ2n) is 11.2. The van der Waals surface area contributed by atoms with Crippen LogP contribution in [0.2, 0.25) is 0 Å². The Morgan fingerprint density at radius 2 is 1.70 bits per heavy atom. The van der Waals surface area contributed by atoms with Gasteiger partial charge in [0.15, 0.2) is 5.65 Å². The number of H-pyrrole nitrogens is 2. The summed E-state index contributed by atoms with van der Waals surface area (Å²) in [5.41, 5.74) is 8.79. The standard InChI is InChI=1S/C31H35N9/c1-20(21-6-4-3-5-7-21)35-24-12-22(15-32-17-24)23-13-26-30(37-38-31(26)34-16-23)27-14-25-28(36-27)18-33-19-29(25)40-10-8-39(2)9-11-40/h12-19,21,35-36H,1,3-11H2,2H3,(H,34,37,38). The lowest BCUT2D eigenvalue weighted by atomic mass is 9.87. The molecule has 1 saturated carbocycles. The number of fused-ring (bicyclic) bond motifs is 2. The zero-order valence-electron chi connectivity index (χ0n) is 23.0. The quantitative estimate of drug-likeness (QED) is 0.253. The molecular weight excluding hydrogens is 498 g/mol. The van der Waals surface area contributed by atoms with E-state index >= 15 is 0 Å². The van der Waals surface area contributed by atoms with E-state index in [1.807, 2.05) is 31.0 Å². The largest absolute Gasteiger partial charge is 0.367 e. The van der Waals surface area contributed by atoms with Gasteiger partial charge in [0, 0.05) is 66.2 Å². The molecule has 0 bridgehead atoms. The van der Waals surface area contributed by atoms with E-state index in [-0.39, 0.29) is 0 Å². The highest BCUT2D eigenvalue weighted by Crippen LogP contribution is 2.35. The van der Waals surface area contributed by atoms with E-state index < -0.39 is 0 Å². The summed E-state index contributed by atoms with van der Waals surface area (Å²) in [5, 5.41) is 13.4. The van der Waals surface area contributed by atoms with Crippen molar-refractivity contribution in [2.24, 2.45) is 5.92 Å². The number of likely N-dealkylation sites (N-methyl/N-ethyl adjacent to an activating group) is 1. The van der Waals surface area contributed by atoms with Gasteiger partial charge in [0.05, 0.1) is 46.9 Å². The fourth-order valence-electron chi connectivity index (χ4n) is 6.14. The fraction of sp³-hybridized carbons (Fsp3) is 0.355. The third-order valence-corrected chi connectivity index (χ3v) is 8.52. The van der Waals surface area contributed by atoms with E-state index in [4.69, 9.17) is 0 Å². The summed E-state index contributed by atoms with van der Waals surface area (Å²) in [6.07, 6.45) is 15.8. The van der Waals surface area contributed by atoms with Crippen molar-refractivity contribution in [3.63, 3.8) is 0 Å². The molecule has 0 radical (unpaired) electrons. The molecule has 0 atom stereocenters. The van der Waals surface area contributed by atoms with Gasteiger partial charge in [0.1, 0.15) is 0 Å². The zero-order valence-corrected chi connectivity index (χ0v) is 23.0. The summed E-state index contributed by atoms with van der Waals surface area (Å²) in [4.78, 5) is 22.1. The van der Waals surface area contributed by atoms with Gasteiger partial charge in [-0.1, -0.05) is 25.8 Å². The lowest BCUT2D eigenvalue weighted by Crippen LogP contribution is -2.44. The van der Waals surface area contributed by atoms with Crippen LogP contribution in [0.3, 0.4) is 0 Å². The first kappa shape index (κ1) is 24.8. The Labute approximate surface area is 233 Å². The number of rotatable bonds is 6. The van der Waals surface area contributed by atoms with Crippen molar-refractivity contribution in [2.75, 3.05) is 43.4 Å². The van der Waals surface area contributed by atoms with Gasteiger partial charge >= 0.3 is 0 Å². The molecule has 5 aromatic heterocycles. The van der Waals surface area contributed by atoms with Gasteiger partial charge in [-0.25, -0.2) is 4.98 Å². The van der Waals surface area contributed by atoms with Gasteiger partial charge in [-0.2, -0.15) is 5.10 Å². The van der Waals surface area contributed by atoms with E-state index in [0.717, 1.165) is 71.0 Å². The van der Waals surface area contributed by atoms with Gasteiger partial charge in [0.2, 0.25) is 0 Å². The van der Waals surface area contributed by atoms with Crippen LogP contribution in [-0.4, -0.2) is 68.3 Å². The maximum absolute atomic E-state index is 4.67. The van der Waals surface area contributed by atoms with Crippen LogP contribution in [0.15, 0.2) is 61.5 Å². The molecule has 9 nitrogen and oxygen atoms in total. The molecule has 0 spiro atoms. The number of allylic oxidation sites excluding steroid dienone is 1. The summed E-state index contributed by atoms with van der Waals surface area (Å²) in [7, 11) is 2.17. The molecule has 2 fully saturated rings. The van der Waals surface area contributed by atoms with E-state index in [9.17, 15) is 0 Å². The lowest BCUT2D eigenvalue weighted by molar-refractivity contribution is 0.313. The topological polar surface area (TPSA) is 102 Å². The molecule has 0 aromatic carbocycles. The average Bonchev–Trinajstić information content (AvgIpc) is 3.62. The third kappa shape index (κ3) is 4.70. The van der Waals surface area contributed by atoms with Crippen LogP contribution in [-0.2, 0) is 0 Å². The molecule has 1 aliphatic carbocycles. The Morgan fingerprint density at radius 1 is 0.900 bits per heavy atom. The maximum atomic E-state index is 4.67. The number of aromatic amines is 2. The van der Waals surface area contributed by atoms with Gasteiger partial charge < -0.3 is 20.1 Å². The van der Waals surface area contributed by atoms with Crippen molar-refractivity contribution < 1.29 is 0 Å². The SMILES string of the molecule is C=C(Nc1cncc(-c2cnc3n[nH]c(-c4cc5c(N6CCN(C)CC6)cncc5[nH]4)c3c2)c1)C1CCCCC1. The van der Waals surface area contributed by atoms with Crippen LogP contribution in [0, 0.1) is 5.92 Å². The van der Waals surface area contributed by atoms with Crippen molar-refractivity contribution in [1.82, 2.24) is 35.0 Å². The summed E-state index contributed by atoms with van der Waals surface area (Å²) in [6, 6.07) is 6.47. The molecule has 5 aromatic rings. The highest BCUT2D eigenvalue weighted by Gasteiger charge is 2.20. The number of pyridine rings is 3. The van der Waals surface area contributed by atoms with Crippen molar-refractivity contribution >= 4 is 33.3 Å².